The first kappa shape index (κ1) is 24.4. The Kier molecular flexibility index (Phi) is 7.17. The third-order valence-electron chi connectivity index (χ3n) is 4.82. The zero-order valence-electron chi connectivity index (χ0n) is 17.2. The summed E-state index contributed by atoms with van der Waals surface area (Å²) in [7, 11) is 1.44. The summed E-state index contributed by atoms with van der Waals surface area (Å²) in [6.45, 7) is -0.223. The number of benzene rings is 1. The number of nitrogens with two attached hydrogens (primary N) is 1. The number of carbonyl (C=O) groups is 1. The number of allylic oxidation sites excluding steroid dienone is 1. The summed E-state index contributed by atoms with van der Waals surface area (Å²) in [5.41, 5.74) is 4.93. The first-order valence-electron chi connectivity index (χ1n) is 9.56. The van der Waals surface area contributed by atoms with Crippen molar-refractivity contribution in [2.24, 2.45) is 0 Å². The number of thiazole rings is 1. The molecule has 0 bridgehead atoms. The van der Waals surface area contributed by atoms with Gasteiger partial charge < -0.3 is 32.0 Å². The predicted molar refractivity (Wildman–Crippen MR) is 114 cm³/mol. The van der Waals surface area contributed by atoms with E-state index >= 15 is 0 Å². The number of piperazine rings is 1. The van der Waals surface area contributed by atoms with Gasteiger partial charge in [-0.05, 0) is 12.1 Å². The molecule has 14 heteroatoms. The zero-order chi connectivity index (χ0) is 24.3. The first-order chi connectivity index (χ1) is 15.6. The first-order valence-corrected chi connectivity index (χ1v) is 10.4. The van der Waals surface area contributed by atoms with Crippen LogP contribution in [-0.2, 0) is 0 Å². The lowest BCUT2D eigenvalue weighted by Gasteiger charge is -2.37. The van der Waals surface area contributed by atoms with Gasteiger partial charge in [-0.2, -0.15) is 13.2 Å². The van der Waals surface area contributed by atoms with Crippen LogP contribution in [0.4, 0.5) is 27.0 Å². The number of carbonyl (C=O) groups excluding carboxylic acids is 1. The Labute approximate surface area is 189 Å². The lowest BCUT2D eigenvalue weighted by Crippen LogP contribution is -2.58. The van der Waals surface area contributed by atoms with E-state index in [1.807, 2.05) is 0 Å². The van der Waals surface area contributed by atoms with Gasteiger partial charge in [0.15, 0.2) is 5.69 Å². The molecule has 0 spiro atoms. The van der Waals surface area contributed by atoms with Gasteiger partial charge in [0.2, 0.25) is 0 Å². The monoisotopic (exact) mass is 489 g/mol. The van der Waals surface area contributed by atoms with Crippen molar-refractivity contribution in [2.75, 3.05) is 32.4 Å². The van der Waals surface area contributed by atoms with Crippen LogP contribution in [0.3, 0.4) is 0 Å². The molecular weight excluding hydrogens is 469 g/mol. The molecule has 1 atom stereocenters. The van der Waals surface area contributed by atoms with Crippen molar-refractivity contribution in [3.63, 3.8) is 0 Å². The summed E-state index contributed by atoms with van der Waals surface area (Å²) in [5, 5.41) is 14.8. The molecule has 0 aliphatic carbocycles. The molecule has 2 aromatic rings. The second kappa shape index (κ2) is 9.70. The maximum absolute atomic E-state index is 14.1. The molecule has 0 radical (unpaired) electrons. The summed E-state index contributed by atoms with van der Waals surface area (Å²) in [6, 6.07) is 1.46. The van der Waals surface area contributed by atoms with Gasteiger partial charge in [0, 0.05) is 32.9 Å². The number of aromatic nitrogens is 1. The van der Waals surface area contributed by atoms with Crippen molar-refractivity contribution >= 4 is 28.5 Å². The average molecular weight is 489 g/mol. The van der Waals surface area contributed by atoms with E-state index in [0.29, 0.717) is 11.3 Å². The normalized spacial score (nSPS) is 17.4. The van der Waals surface area contributed by atoms with Crippen molar-refractivity contribution in [3.05, 3.63) is 47.0 Å². The Morgan fingerprint density at radius 1 is 1.36 bits per heavy atom. The Bertz CT molecular complexity index is 1060. The summed E-state index contributed by atoms with van der Waals surface area (Å²) in [4.78, 5) is 18.1. The van der Waals surface area contributed by atoms with E-state index in [2.05, 4.69) is 20.9 Å². The molecule has 1 fully saturated rings. The van der Waals surface area contributed by atoms with Crippen molar-refractivity contribution in [1.29, 1.82) is 5.41 Å². The van der Waals surface area contributed by atoms with Crippen LogP contribution in [0.1, 0.15) is 10.5 Å². The van der Waals surface area contributed by atoms with Crippen LogP contribution in [0, 0.1) is 17.0 Å². The summed E-state index contributed by atoms with van der Waals surface area (Å²) in [5.74, 6) is -2.57. The van der Waals surface area contributed by atoms with Crippen molar-refractivity contribution < 1.29 is 26.7 Å². The molecule has 0 saturated carbocycles. The minimum absolute atomic E-state index is 0.0329. The molecule has 1 aliphatic rings. The second-order valence-corrected chi connectivity index (χ2v) is 7.96. The minimum atomic E-state index is -4.47. The molecule has 1 saturated heterocycles. The molecule has 1 aromatic heterocycles. The molecule has 33 heavy (non-hydrogen) atoms. The van der Waals surface area contributed by atoms with E-state index in [9.17, 15) is 26.7 Å². The van der Waals surface area contributed by atoms with Gasteiger partial charge in [-0.25, -0.2) is 13.8 Å². The highest BCUT2D eigenvalue weighted by molar-refractivity contribution is 7.19. The number of nitrogen functional groups attached to an aromatic ring is 1. The lowest BCUT2D eigenvalue weighted by atomic mass is 10.2. The largest absolute Gasteiger partial charge is 0.405 e. The van der Waals surface area contributed by atoms with Crippen LogP contribution in [0.15, 0.2) is 29.7 Å². The van der Waals surface area contributed by atoms with E-state index in [-0.39, 0.29) is 40.3 Å². The van der Waals surface area contributed by atoms with E-state index < -0.39 is 41.9 Å². The third-order valence-corrected chi connectivity index (χ3v) is 5.72. The average Bonchev–Trinajstić information content (AvgIpc) is 3.14. The predicted octanol–water partition coefficient (Wildman–Crippen LogP) is 2.27. The fourth-order valence-electron chi connectivity index (χ4n) is 3.28. The molecular formula is C19H20F5N7OS. The number of amides is 1. The number of halogens is 5. The molecule has 1 amide bonds. The quantitative estimate of drug-likeness (QED) is 0.314. The van der Waals surface area contributed by atoms with Crippen LogP contribution in [0.25, 0.3) is 10.6 Å². The molecule has 0 unspecified atom stereocenters. The number of hydrogen-bond acceptors (Lipinski definition) is 8. The molecule has 6 N–H and O–H groups in total. The molecule has 1 aliphatic heterocycles. The summed E-state index contributed by atoms with van der Waals surface area (Å²) >= 11 is 0.697. The van der Waals surface area contributed by atoms with E-state index in [1.165, 1.54) is 18.0 Å². The van der Waals surface area contributed by atoms with Crippen LogP contribution in [0.2, 0.25) is 0 Å². The van der Waals surface area contributed by atoms with Gasteiger partial charge in [-0.3, -0.25) is 4.79 Å². The molecule has 3 rings (SSSR count). The van der Waals surface area contributed by atoms with Gasteiger partial charge in [-0.1, -0.05) is 17.4 Å². The van der Waals surface area contributed by atoms with E-state index in [1.54, 1.807) is 0 Å². The highest BCUT2D eigenvalue weighted by Gasteiger charge is 2.42. The molecule has 1 aromatic carbocycles. The third kappa shape index (κ3) is 5.22. The fourth-order valence-corrected chi connectivity index (χ4v) is 4.16. The van der Waals surface area contributed by atoms with E-state index in [4.69, 9.17) is 11.1 Å². The van der Waals surface area contributed by atoms with Gasteiger partial charge in [0.1, 0.15) is 33.5 Å². The zero-order valence-corrected chi connectivity index (χ0v) is 18.0. The number of nitrogens with zero attached hydrogens (tertiary/aromatic N) is 2. The maximum atomic E-state index is 14.1. The summed E-state index contributed by atoms with van der Waals surface area (Å²) in [6.07, 6.45) is -3.71. The van der Waals surface area contributed by atoms with E-state index in [0.717, 1.165) is 18.3 Å². The topological polar surface area (TPSA) is 119 Å². The number of hydrogen-bond donors (Lipinski definition) is 5. The molecule has 178 valence electrons. The lowest BCUT2D eigenvalue weighted by molar-refractivity contribution is -0.163. The van der Waals surface area contributed by atoms with Crippen molar-refractivity contribution in [1.82, 2.24) is 25.8 Å². The summed E-state index contributed by atoms with van der Waals surface area (Å²) < 4.78 is 67.5. The van der Waals surface area contributed by atoms with Crippen LogP contribution in [0.5, 0.6) is 0 Å². The maximum Gasteiger partial charge on any atom is 0.405 e. The van der Waals surface area contributed by atoms with Gasteiger partial charge in [0.25, 0.3) is 5.91 Å². The standard InChI is InChI=1S/C19H20F5N7OS/c1-27-16(31-6-5-28-12(8-31)19(22,23)24)11(7-25)29-17(32)14-15(26)33-18(30-14)13-9(20)3-2-4-10(13)21/h2-4,7,12,25,27-28H,5-6,8,26H2,1H3,(H,29,32)/b16-11-,25-7?/t12-/m0/s1. The van der Waals surface area contributed by atoms with Gasteiger partial charge in [-0.15, -0.1) is 0 Å². The highest BCUT2D eigenvalue weighted by Crippen LogP contribution is 2.33. The van der Waals surface area contributed by atoms with Crippen molar-refractivity contribution in [2.45, 2.75) is 12.2 Å². The second-order valence-electron chi connectivity index (χ2n) is 6.93. The number of alkyl halides is 3. The van der Waals surface area contributed by atoms with Crippen LogP contribution >= 0.6 is 11.3 Å². The number of rotatable bonds is 6. The number of nitrogens with one attached hydrogen (secondary N) is 4. The Morgan fingerprint density at radius 2 is 2.03 bits per heavy atom. The number of anilines is 1. The van der Waals surface area contributed by atoms with Crippen molar-refractivity contribution in [3.8, 4) is 10.6 Å². The minimum Gasteiger partial charge on any atom is -0.389 e. The fraction of sp³-hybridized carbons (Fsp3) is 0.316. The van der Waals surface area contributed by atoms with Gasteiger partial charge in [0.05, 0.1) is 11.3 Å². The Hall–Kier alpha value is -3.26. The molecule has 8 nitrogen and oxygen atoms in total. The van der Waals surface area contributed by atoms with Crippen LogP contribution in [-0.4, -0.2) is 60.9 Å². The van der Waals surface area contributed by atoms with Gasteiger partial charge >= 0.3 is 6.18 Å². The smallest absolute Gasteiger partial charge is 0.389 e. The SMILES string of the molecule is CN/C(=C(\C=N)NC(=O)c1nc(-c2c(F)cccc2F)sc1N)N1CCN[C@H](C(F)(F)F)C1. The highest BCUT2D eigenvalue weighted by atomic mass is 32.1. The van der Waals surface area contributed by atoms with Crippen LogP contribution < -0.4 is 21.7 Å². The Balaban J connectivity index is 1.88. The Morgan fingerprint density at radius 3 is 2.61 bits per heavy atom. The molecule has 2 heterocycles.